The van der Waals surface area contributed by atoms with Crippen molar-refractivity contribution in [3.63, 3.8) is 0 Å². The number of aromatic nitrogens is 2. The summed E-state index contributed by atoms with van der Waals surface area (Å²) >= 11 is 4.95. The first-order valence-electron chi connectivity index (χ1n) is 5.17. The van der Waals surface area contributed by atoms with Crippen LogP contribution in [0.15, 0.2) is 44.7 Å². The van der Waals surface area contributed by atoms with Crippen LogP contribution in [0.3, 0.4) is 0 Å². The summed E-state index contributed by atoms with van der Waals surface area (Å²) in [4.78, 5) is 5.35. The van der Waals surface area contributed by atoms with Crippen LogP contribution in [0.2, 0.25) is 0 Å². The number of hydrogen-bond donors (Lipinski definition) is 1. The number of nitrogen functional groups attached to an aromatic ring is 1. The van der Waals surface area contributed by atoms with Crippen LogP contribution in [0.4, 0.5) is 5.69 Å². The standard InChI is InChI=1S/C12H8BrN3OS/c13-8-6-7(3-4-9(8)14)12-15-11(16-17-12)10-2-1-5-18-10/h1-6H,14H2. The Labute approximate surface area is 116 Å². The zero-order chi connectivity index (χ0) is 12.5. The van der Waals surface area contributed by atoms with Crippen molar-refractivity contribution in [3.8, 4) is 22.2 Å². The molecule has 0 aliphatic rings. The molecule has 3 aromatic rings. The molecule has 2 N–H and O–H groups in total. The summed E-state index contributed by atoms with van der Waals surface area (Å²) in [6.45, 7) is 0. The van der Waals surface area contributed by atoms with E-state index >= 15 is 0 Å². The van der Waals surface area contributed by atoms with Gasteiger partial charge in [-0.25, -0.2) is 0 Å². The third kappa shape index (κ3) is 2.04. The Balaban J connectivity index is 2.00. The molecular weight excluding hydrogens is 314 g/mol. The van der Waals surface area contributed by atoms with Crippen LogP contribution in [0.1, 0.15) is 0 Å². The molecule has 0 bridgehead atoms. The van der Waals surface area contributed by atoms with Gasteiger partial charge in [-0.05, 0) is 45.6 Å². The van der Waals surface area contributed by atoms with Gasteiger partial charge in [-0.2, -0.15) is 4.98 Å². The summed E-state index contributed by atoms with van der Waals surface area (Å²) in [7, 11) is 0. The maximum Gasteiger partial charge on any atom is 0.258 e. The molecule has 2 heterocycles. The topological polar surface area (TPSA) is 64.9 Å². The van der Waals surface area contributed by atoms with Gasteiger partial charge in [0, 0.05) is 15.7 Å². The van der Waals surface area contributed by atoms with Gasteiger partial charge < -0.3 is 10.3 Å². The fraction of sp³-hybridized carbons (Fsp3) is 0. The lowest BCUT2D eigenvalue weighted by Gasteiger charge is -1.98. The fourth-order valence-electron chi connectivity index (χ4n) is 1.51. The Kier molecular flexibility index (Phi) is 2.89. The summed E-state index contributed by atoms with van der Waals surface area (Å²) in [6.07, 6.45) is 0. The maximum absolute atomic E-state index is 5.74. The van der Waals surface area contributed by atoms with Crippen molar-refractivity contribution in [2.75, 3.05) is 5.73 Å². The number of anilines is 1. The first-order chi connectivity index (χ1) is 8.74. The van der Waals surface area contributed by atoms with Gasteiger partial charge in [0.05, 0.1) is 4.88 Å². The number of thiophene rings is 1. The van der Waals surface area contributed by atoms with E-state index in [0.29, 0.717) is 17.4 Å². The molecule has 6 heteroatoms. The van der Waals surface area contributed by atoms with Crippen molar-refractivity contribution >= 4 is 33.0 Å². The lowest BCUT2D eigenvalue weighted by molar-refractivity contribution is 0.432. The van der Waals surface area contributed by atoms with E-state index in [0.717, 1.165) is 14.9 Å². The predicted octanol–water partition coefficient (Wildman–Crippen LogP) is 3.81. The Morgan fingerprint density at radius 2 is 2.17 bits per heavy atom. The molecule has 3 rings (SSSR count). The molecular formula is C12H8BrN3OS. The van der Waals surface area contributed by atoms with Crippen LogP contribution < -0.4 is 5.73 Å². The van der Waals surface area contributed by atoms with Crippen LogP contribution in [0, 0.1) is 0 Å². The Hall–Kier alpha value is -1.66. The lowest BCUT2D eigenvalue weighted by atomic mass is 10.2. The monoisotopic (exact) mass is 321 g/mol. The SMILES string of the molecule is Nc1ccc(-c2nc(-c3cccs3)no2)cc1Br. The van der Waals surface area contributed by atoms with Gasteiger partial charge in [0.25, 0.3) is 5.89 Å². The summed E-state index contributed by atoms with van der Waals surface area (Å²) in [6, 6.07) is 9.43. The van der Waals surface area contributed by atoms with Gasteiger partial charge in [0.15, 0.2) is 0 Å². The predicted molar refractivity (Wildman–Crippen MR) is 75.2 cm³/mol. The van der Waals surface area contributed by atoms with E-state index in [2.05, 4.69) is 26.1 Å². The molecule has 18 heavy (non-hydrogen) atoms. The molecule has 0 atom stereocenters. The summed E-state index contributed by atoms with van der Waals surface area (Å²) in [5.41, 5.74) is 7.25. The Morgan fingerprint density at radius 1 is 1.28 bits per heavy atom. The zero-order valence-corrected chi connectivity index (χ0v) is 11.5. The molecule has 0 saturated heterocycles. The minimum absolute atomic E-state index is 0.485. The largest absolute Gasteiger partial charge is 0.398 e. The number of halogens is 1. The van der Waals surface area contributed by atoms with Crippen LogP contribution >= 0.6 is 27.3 Å². The van der Waals surface area contributed by atoms with Crippen LogP contribution in [0.5, 0.6) is 0 Å². The third-order valence-electron chi connectivity index (χ3n) is 2.41. The molecule has 90 valence electrons. The van der Waals surface area contributed by atoms with E-state index in [-0.39, 0.29) is 0 Å². The molecule has 1 aromatic carbocycles. The Morgan fingerprint density at radius 3 is 2.89 bits per heavy atom. The fourth-order valence-corrected chi connectivity index (χ4v) is 2.53. The van der Waals surface area contributed by atoms with E-state index < -0.39 is 0 Å². The molecule has 0 radical (unpaired) electrons. The lowest BCUT2D eigenvalue weighted by Crippen LogP contribution is -1.86. The highest BCUT2D eigenvalue weighted by molar-refractivity contribution is 9.10. The summed E-state index contributed by atoms with van der Waals surface area (Å²) < 4.78 is 6.07. The van der Waals surface area contributed by atoms with Crippen LogP contribution in [-0.4, -0.2) is 10.1 Å². The van der Waals surface area contributed by atoms with E-state index in [1.165, 1.54) is 0 Å². The van der Waals surface area contributed by atoms with E-state index in [9.17, 15) is 0 Å². The van der Waals surface area contributed by atoms with Crippen molar-refractivity contribution < 1.29 is 4.52 Å². The van der Waals surface area contributed by atoms with Gasteiger partial charge in [-0.3, -0.25) is 0 Å². The van der Waals surface area contributed by atoms with Crippen molar-refractivity contribution in [1.29, 1.82) is 0 Å². The molecule has 4 nitrogen and oxygen atoms in total. The molecule has 0 fully saturated rings. The second-order valence-electron chi connectivity index (χ2n) is 3.64. The third-order valence-corrected chi connectivity index (χ3v) is 3.97. The number of nitrogens with zero attached hydrogens (tertiary/aromatic N) is 2. The van der Waals surface area contributed by atoms with Crippen LogP contribution in [0.25, 0.3) is 22.2 Å². The quantitative estimate of drug-likeness (QED) is 0.729. The number of hydrogen-bond acceptors (Lipinski definition) is 5. The molecule has 2 aromatic heterocycles. The van der Waals surface area contributed by atoms with E-state index in [1.807, 2.05) is 29.6 Å². The summed E-state index contributed by atoms with van der Waals surface area (Å²) in [5.74, 6) is 1.09. The molecule has 0 unspecified atom stereocenters. The van der Waals surface area contributed by atoms with Gasteiger partial charge in [-0.1, -0.05) is 11.2 Å². The highest BCUT2D eigenvalue weighted by Gasteiger charge is 2.11. The van der Waals surface area contributed by atoms with Crippen molar-refractivity contribution in [2.45, 2.75) is 0 Å². The van der Waals surface area contributed by atoms with E-state index in [4.69, 9.17) is 10.3 Å². The van der Waals surface area contributed by atoms with Gasteiger partial charge in [-0.15, -0.1) is 11.3 Å². The normalized spacial score (nSPS) is 10.7. The van der Waals surface area contributed by atoms with Crippen molar-refractivity contribution in [3.05, 3.63) is 40.2 Å². The molecule has 0 spiro atoms. The molecule has 0 aliphatic carbocycles. The minimum Gasteiger partial charge on any atom is -0.398 e. The average Bonchev–Trinajstić information content (AvgIpc) is 3.01. The zero-order valence-electron chi connectivity index (χ0n) is 9.13. The maximum atomic E-state index is 5.74. The first kappa shape index (κ1) is 11.4. The minimum atomic E-state index is 0.485. The van der Waals surface area contributed by atoms with Gasteiger partial charge in [0.1, 0.15) is 0 Å². The molecule has 0 amide bonds. The second-order valence-corrected chi connectivity index (χ2v) is 5.44. The second kappa shape index (κ2) is 4.55. The van der Waals surface area contributed by atoms with E-state index in [1.54, 1.807) is 17.4 Å². The van der Waals surface area contributed by atoms with Gasteiger partial charge in [0.2, 0.25) is 5.82 Å². The van der Waals surface area contributed by atoms with Crippen molar-refractivity contribution in [2.24, 2.45) is 0 Å². The highest BCUT2D eigenvalue weighted by Crippen LogP contribution is 2.28. The van der Waals surface area contributed by atoms with Gasteiger partial charge >= 0.3 is 0 Å². The summed E-state index contributed by atoms with van der Waals surface area (Å²) in [5, 5.41) is 5.94. The van der Waals surface area contributed by atoms with Crippen molar-refractivity contribution in [1.82, 2.24) is 10.1 Å². The first-order valence-corrected chi connectivity index (χ1v) is 6.84. The smallest absolute Gasteiger partial charge is 0.258 e. The average molecular weight is 322 g/mol. The van der Waals surface area contributed by atoms with Crippen LogP contribution in [-0.2, 0) is 0 Å². The number of benzene rings is 1. The molecule has 0 saturated carbocycles. The molecule has 0 aliphatic heterocycles. The highest BCUT2D eigenvalue weighted by atomic mass is 79.9. The number of rotatable bonds is 2. The Bertz CT molecular complexity index is 678. The number of nitrogens with two attached hydrogens (primary N) is 1.